The molecule has 74 heavy (non-hydrogen) atoms. The molecule has 0 aromatic heterocycles. The molecule has 0 aromatic rings. The normalized spacial score (nSPS) is 14.7. The zero-order valence-electron chi connectivity index (χ0n) is 45.2. The maximum absolute atomic E-state index is 12.9. The van der Waals surface area contributed by atoms with Crippen LogP contribution in [0.25, 0.3) is 0 Å². The molecule has 0 saturated heterocycles. The Kier molecular flexibility index (Phi) is 50.3. The number of phosphoric acid groups is 1. The first kappa shape index (κ1) is 68.8. The van der Waals surface area contributed by atoms with Crippen LogP contribution in [0.3, 0.4) is 0 Å². The van der Waals surface area contributed by atoms with Crippen molar-refractivity contribution in [1.29, 1.82) is 0 Å². The number of hydrogen-bond acceptors (Lipinski definition) is 10. The van der Waals surface area contributed by atoms with Crippen molar-refractivity contribution in [3.05, 3.63) is 170 Å². The SMILES string of the molecule is CC/C=C\C/C=C\C/C=C\C/C=C\C/C=C\C/C=C\CCC(=O)OCC(COP(=O)(O)OCC(CO)OC(=O)CC/C=C\C/C=C\C/C=C\C/C=C\CC)OC(=O)CCCC/C=C\C/C=C\C/C=C\C/C=C\CC. The zero-order valence-corrected chi connectivity index (χ0v) is 46.1. The average Bonchev–Trinajstić information content (AvgIpc) is 3.39. The van der Waals surface area contributed by atoms with E-state index < -0.39 is 64.4 Å². The van der Waals surface area contributed by atoms with Crippen LogP contribution in [0.2, 0.25) is 0 Å². The number of unbranched alkanes of at least 4 members (excludes halogenated alkanes) is 2. The molecule has 0 aromatic carbocycles. The lowest BCUT2D eigenvalue weighted by atomic mass is 10.2. The molecule has 0 spiro atoms. The summed E-state index contributed by atoms with van der Waals surface area (Å²) in [6.07, 6.45) is 72.2. The fraction of sp³-hybridized carbons (Fsp3) is 0.500. The first-order chi connectivity index (χ1) is 36.2. The lowest BCUT2D eigenvalue weighted by Gasteiger charge is -2.21. The van der Waals surface area contributed by atoms with E-state index in [1.165, 1.54) is 0 Å². The zero-order chi connectivity index (χ0) is 54.1. The Labute approximate surface area is 447 Å². The molecule has 2 N–H and O–H groups in total. The Morgan fingerprint density at radius 3 is 1.04 bits per heavy atom. The molecule has 412 valence electrons. The number of allylic oxidation sites excluding steroid dienone is 28. The fourth-order valence-electron chi connectivity index (χ4n) is 6.15. The van der Waals surface area contributed by atoms with Crippen molar-refractivity contribution in [3.8, 4) is 0 Å². The van der Waals surface area contributed by atoms with Crippen LogP contribution in [-0.2, 0) is 42.2 Å². The number of aliphatic hydroxyl groups excluding tert-OH is 1. The average molecular weight is 1050 g/mol. The molecule has 3 unspecified atom stereocenters. The molecule has 0 amide bonds. The minimum Gasteiger partial charge on any atom is -0.462 e. The van der Waals surface area contributed by atoms with Gasteiger partial charge in [0.25, 0.3) is 0 Å². The molecule has 3 atom stereocenters. The summed E-state index contributed by atoms with van der Waals surface area (Å²) in [6, 6.07) is 0. The summed E-state index contributed by atoms with van der Waals surface area (Å²) >= 11 is 0. The van der Waals surface area contributed by atoms with Crippen LogP contribution in [0.4, 0.5) is 0 Å². The summed E-state index contributed by atoms with van der Waals surface area (Å²) in [6.45, 7) is 4.03. The number of phosphoric ester groups is 1. The van der Waals surface area contributed by atoms with E-state index in [0.717, 1.165) is 103 Å². The summed E-state index contributed by atoms with van der Waals surface area (Å²) in [7, 11) is -4.80. The molecule has 0 radical (unpaired) electrons. The van der Waals surface area contributed by atoms with Gasteiger partial charge in [-0.1, -0.05) is 191 Å². The lowest BCUT2D eigenvalue weighted by molar-refractivity contribution is -0.161. The Hall–Kier alpha value is -5.16. The van der Waals surface area contributed by atoms with Crippen LogP contribution in [0, 0.1) is 0 Å². The Bertz CT molecular complexity index is 1890. The van der Waals surface area contributed by atoms with Crippen molar-refractivity contribution in [2.75, 3.05) is 26.4 Å². The largest absolute Gasteiger partial charge is 0.472 e. The van der Waals surface area contributed by atoms with Crippen LogP contribution in [0.1, 0.15) is 162 Å². The highest BCUT2D eigenvalue weighted by molar-refractivity contribution is 7.47. The predicted molar refractivity (Wildman–Crippen MR) is 306 cm³/mol. The molecule has 11 nitrogen and oxygen atoms in total. The van der Waals surface area contributed by atoms with Crippen molar-refractivity contribution in [2.24, 2.45) is 0 Å². The van der Waals surface area contributed by atoms with Gasteiger partial charge < -0.3 is 24.2 Å². The van der Waals surface area contributed by atoms with Crippen LogP contribution in [-0.4, -0.2) is 66.5 Å². The van der Waals surface area contributed by atoms with Gasteiger partial charge in [0.05, 0.1) is 19.8 Å². The summed E-state index contributed by atoms with van der Waals surface area (Å²) in [5, 5.41) is 9.77. The number of rotatable bonds is 47. The Balaban J connectivity index is 5.00. The Morgan fingerprint density at radius 2 is 0.676 bits per heavy atom. The summed E-state index contributed by atoms with van der Waals surface area (Å²) < 4.78 is 39.2. The summed E-state index contributed by atoms with van der Waals surface area (Å²) in [5.41, 5.74) is 0. The van der Waals surface area contributed by atoms with Gasteiger partial charge in [0.1, 0.15) is 12.7 Å². The second kappa shape index (κ2) is 54.1. The van der Waals surface area contributed by atoms with Gasteiger partial charge in [-0.15, -0.1) is 0 Å². The monoisotopic (exact) mass is 1040 g/mol. The molecule has 0 aliphatic heterocycles. The second-order valence-corrected chi connectivity index (χ2v) is 18.3. The van der Waals surface area contributed by atoms with E-state index in [1.807, 2.05) is 30.4 Å². The fourth-order valence-corrected chi connectivity index (χ4v) is 6.93. The molecule has 0 heterocycles. The van der Waals surface area contributed by atoms with Crippen molar-refractivity contribution < 1.29 is 52.2 Å². The number of esters is 3. The topological polar surface area (TPSA) is 155 Å². The number of aliphatic hydroxyl groups is 1. The van der Waals surface area contributed by atoms with E-state index in [4.69, 9.17) is 23.3 Å². The second-order valence-electron chi connectivity index (χ2n) is 16.9. The van der Waals surface area contributed by atoms with Crippen molar-refractivity contribution in [2.45, 2.75) is 174 Å². The van der Waals surface area contributed by atoms with Gasteiger partial charge in [-0.05, 0) is 122 Å². The van der Waals surface area contributed by atoms with E-state index in [2.05, 4.69) is 161 Å². The smallest absolute Gasteiger partial charge is 0.462 e. The van der Waals surface area contributed by atoms with E-state index in [1.54, 1.807) is 0 Å². The highest BCUT2D eigenvalue weighted by atomic mass is 31.2. The number of carbonyl (C=O) groups excluding carboxylic acids is 3. The van der Waals surface area contributed by atoms with Gasteiger partial charge in [-0.25, -0.2) is 4.57 Å². The van der Waals surface area contributed by atoms with E-state index >= 15 is 0 Å². The molecule has 0 aliphatic carbocycles. The molecule has 0 bridgehead atoms. The molecule has 0 aliphatic rings. The predicted octanol–water partition coefficient (Wildman–Crippen LogP) is 15.9. The van der Waals surface area contributed by atoms with Crippen molar-refractivity contribution in [3.63, 3.8) is 0 Å². The van der Waals surface area contributed by atoms with E-state index in [0.29, 0.717) is 19.3 Å². The van der Waals surface area contributed by atoms with Gasteiger partial charge in [-0.2, -0.15) is 0 Å². The molecular formula is C62H93O11P. The van der Waals surface area contributed by atoms with Crippen LogP contribution >= 0.6 is 7.82 Å². The number of hydrogen-bond donors (Lipinski definition) is 2. The molecular weight excluding hydrogens is 952 g/mol. The first-order valence-electron chi connectivity index (χ1n) is 27.0. The maximum atomic E-state index is 12.9. The quantitative estimate of drug-likeness (QED) is 0.0197. The standard InChI is InChI=1S/C62H93O11P/c1-4-7-10-13-16-19-22-25-27-28-29-30-32-34-36-39-42-45-48-51-60(64)69-55-59(73-62(66)53-50-47-44-41-38-35-31-26-23-20-17-14-11-8-5-2)57-71-74(67,68)70-56-58(54-63)72-61(65)52-49-46-43-40-37-33-24-21-18-15-12-9-6-3/h7-12,16-21,25-27,29-31,33-34,36-38,41-43,45-46,58-59,63H,4-6,13-15,22-24,28,32,35,39-40,44,47-57H2,1-3H3,(H,67,68)/b10-7-,11-8-,12-9-,19-16-,20-17-,21-18-,27-25-,30-29-,31-26-,36-34-,37-33-,41-38-,45-42-,46-43-. The first-order valence-corrected chi connectivity index (χ1v) is 28.5. The molecule has 0 saturated carbocycles. The highest BCUT2D eigenvalue weighted by Crippen LogP contribution is 2.43. The van der Waals surface area contributed by atoms with Crippen LogP contribution in [0.5, 0.6) is 0 Å². The van der Waals surface area contributed by atoms with Gasteiger partial charge >= 0.3 is 25.7 Å². The third-order valence-corrected chi connectivity index (χ3v) is 11.1. The molecule has 0 rings (SSSR count). The summed E-state index contributed by atoms with van der Waals surface area (Å²) in [5.74, 6) is -1.73. The third kappa shape index (κ3) is 51.7. The van der Waals surface area contributed by atoms with Crippen LogP contribution < -0.4 is 0 Å². The van der Waals surface area contributed by atoms with Gasteiger partial charge in [0, 0.05) is 19.3 Å². The third-order valence-electron chi connectivity index (χ3n) is 10.1. The minimum atomic E-state index is -4.80. The van der Waals surface area contributed by atoms with Gasteiger partial charge in [0.15, 0.2) is 6.10 Å². The van der Waals surface area contributed by atoms with Crippen LogP contribution in [0.15, 0.2) is 170 Å². The number of carbonyl (C=O) groups is 3. The van der Waals surface area contributed by atoms with Gasteiger partial charge in [-0.3, -0.25) is 23.4 Å². The van der Waals surface area contributed by atoms with E-state index in [-0.39, 0.29) is 19.3 Å². The highest BCUT2D eigenvalue weighted by Gasteiger charge is 2.28. The minimum absolute atomic E-state index is 0.0373. The van der Waals surface area contributed by atoms with Gasteiger partial charge in [0.2, 0.25) is 0 Å². The Morgan fingerprint density at radius 1 is 0.378 bits per heavy atom. The molecule has 12 heteroatoms. The van der Waals surface area contributed by atoms with Crippen molar-refractivity contribution in [1.82, 2.24) is 0 Å². The lowest BCUT2D eigenvalue weighted by Crippen LogP contribution is -2.30. The number of ether oxygens (including phenoxy) is 3. The molecule has 0 fully saturated rings. The van der Waals surface area contributed by atoms with E-state index in [9.17, 15) is 28.9 Å². The maximum Gasteiger partial charge on any atom is 0.472 e. The van der Waals surface area contributed by atoms with Crippen molar-refractivity contribution >= 4 is 25.7 Å². The summed E-state index contributed by atoms with van der Waals surface area (Å²) in [4.78, 5) is 48.4.